The Balaban J connectivity index is 1.24. The Morgan fingerprint density at radius 1 is 0.950 bits per heavy atom. The smallest absolute Gasteiger partial charge is 0.332 e. The monoisotopic (exact) mass is 534 g/mol. The molecule has 1 saturated carbocycles. The second-order valence-electron chi connectivity index (χ2n) is 10.8. The number of nitrogens with zero attached hydrogens (tertiary/aromatic N) is 2. The second kappa shape index (κ2) is 9.55. The van der Waals surface area contributed by atoms with E-state index in [1.165, 1.54) is 4.90 Å². The van der Waals surface area contributed by atoms with Crippen LogP contribution in [-0.2, 0) is 11.2 Å². The molecule has 1 aromatic heterocycles. The van der Waals surface area contributed by atoms with Crippen LogP contribution in [0.15, 0.2) is 72.8 Å². The summed E-state index contributed by atoms with van der Waals surface area (Å²) in [5.74, 6) is 0.331. The molecule has 40 heavy (non-hydrogen) atoms. The number of H-pyrrole nitrogens is 1. The molecule has 3 aliphatic rings. The maximum absolute atomic E-state index is 14.0. The number of benzene rings is 3. The molecular weight excluding hydrogens is 504 g/mol. The quantitative estimate of drug-likeness (QED) is 0.338. The number of nitrogens with one attached hydrogen (secondary N) is 2. The molecule has 4 aromatic rings. The van der Waals surface area contributed by atoms with Gasteiger partial charge in [0.1, 0.15) is 17.8 Å². The molecule has 4 amide bonds. The van der Waals surface area contributed by atoms with E-state index in [2.05, 4.69) is 16.4 Å². The van der Waals surface area contributed by atoms with E-state index in [-0.39, 0.29) is 23.9 Å². The highest BCUT2D eigenvalue weighted by Gasteiger charge is 2.53. The Bertz CT molecular complexity index is 1620. The molecule has 0 spiro atoms. The summed E-state index contributed by atoms with van der Waals surface area (Å²) >= 11 is 0. The lowest BCUT2D eigenvalue weighted by atomic mass is 9.89. The van der Waals surface area contributed by atoms with Crippen LogP contribution in [-0.4, -0.2) is 46.9 Å². The summed E-state index contributed by atoms with van der Waals surface area (Å²) in [6, 6.07) is 21.2. The van der Waals surface area contributed by atoms with Crippen LogP contribution in [0.4, 0.5) is 10.5 Å². The van der Waals surface area contributed by atoms with Gasteiger partial charge in [0, 0.05) is 34.6 Å². The number of amides is 4. The number of ether oxygens (including phenoxy) is 1. The Kier molecular flexibility index (Phi) is 5.84. The van der Waals surface area contributed by atoms with Crippen LogP contribution in [0, 0.1) is 0 Å². The summed E-state index contributed by atoms with van der Waals surface area (Å²) in [4.78, 5) is 47.2. The topological polar surface area (TPSA) is 94.7 Å². The SMILES string of the molecule is COc1ccc([C@@H]2c3[nH]c4ccccc4c3C[C@H]3C(=O)N(c4ccc(C(=O)NC5CCCC5)cc4)C(=O)N23)cc1. The van der Waals surface area contributed by atoms with Crippen LogP contribution in [0.5, 0.6) is 5.75 Å². The fraction of sp³-hybridized carbons (Fsp3) is 0.281. The number of para-hydroxylation sites is 1. The van der Waals surface area contributed by atoms with Crippen molar-refractivity contribution in [1.29, 1.82) is 0 Å². The van der Waals surface area contributed by atoms with Gasteiger partial charge in [-0.05, 0) is 66.4 Å². The maximum Gasteiger partial charge on any atom is 0.332 e. The number of aromatic amines is 1. The summed E-state index contributed by atoms with van der Waals surface area (Å²) in [6.07, 6.45) is 4.71. The second-order valence-corrected chi connectivity index (χ2v) is 10.8. The van der Waals surface area contributed by atoms with Crippen molar-refractivity contribution < 1.29 is 19.1 Å². The molecule has 1 aliphatic carbocycles. The molecular formula is C32H30N4O4. The number of carbonyl (C=O) groups is 3. The van der Waals surface area contributed by atoms with Crippen LogP contribution in [0.25, 0.3) is 10.9 Å². The van der Waals surface area contributed by atoms with Gasteiger partial charge >= 0.3 is 6.03 Å². The van der Waals surface area contributed by atoms with Gasteiger partial charge < -0.3 is 15.0 Å². The van der Waals surface area contributed by atoms with Crippen molar-refractivity contribution >= 4 is 34.4 Å². The van der Waals surface area contributed by atoms with Crippen LogP contribution < -0.4 is 15.0 Å². The van der Waals surface area contributed by atoms with Crippen molar-refractivity contribution in [2.45, 2.75) is 50.2 Å². The number of fused-ring (bicyclic) bond motifs is 4. The first-order valence-corrected chi connectivity index (χ1v) is 13.8. The fourth-order valence-electron chi connectivity index (χ4n) is 6.55. The van der Waals surface area contributed by atoms with Gasteiger partial charge in [-0.25, -0.2) is 9.69 Å². The van der Waals surface area contributed by atoms with E-state index in [0.717, 1.165) is 59.2 Å². The summed E-state index contributed by atoms with van der Waals surface area (Å²) in [5.41, 5.74) is 4.83. The maximum atomic E-state index is 14.0. The van der Waals surface area contributed by atoms with Crippen LogP contribution in [0.2, 0.25) is 0 Å². The molecule has 3 heterocycles. The van der Waals surface area contributed by atoms with Crippen molar-refractivity contribution in [3.8, 4) is 5.75 Å². The summed E-state index contributed by atoms with van der Waals surface area (Å²) in [5, 5.41) is 4.15. The number of anilines is 1. The van der Waals surface area contributed by atoms with Crippen molar-refractivity contribution in [3.05, 3.63) is 95.2 Å². The van der Waals surface area contributed by atoms with Gasteiger partial charge in [0.2, 0.25) is 0 Å². The molecule has 202 valence electrons. The van der Waals surface area contributed by atoms with Crippen LogP contribution >= 0.6 is 0 Å². The highest BCUT2D eigenvalue weighted by molar-refractivity contribution is 6.22. The van der Waals surface area contributed by atoms with Crippen LogP contribution in [0.1, 0.15) is 58.9 Å². The summed E-state index contributed by atoms with van der Waals surface area (Å²) in [6.45, 7) is 0. The average molecular weight is 535 g/mol. The molecule has 2 aliphatic heterocycles. The number of urea groups is 1. The first-order chi connectivity index (χ1) is 19.5. The number of hydrogen-bond donors (Lipinski definition) is 2. The Morgan fingerprint density at radius 2 is 1.68 bits per heavy atom. The number of hydrogen-bond acceptors (Lipinski definition) is 4. The van der Waals surface area contributed by atoms with Crippen molar-refractivity contribution in [2.75, 3.05) is 12.0 Å². The zero-order valence-electron chi connectivity index (χ0n) is 22.2. The minimum Gasteiger partial charge on any atom is -0.497 e. The van der Waals surface area contributed by atoms with E-state index in [0.29, 0.717) is 17.7 Å². The first-order valence-electron chi connectivity index (χ1n) is 13.8. The Labute approximate surface area is 231 Å². The third-order valence-corrected chi connectivity index (χ3v) is 8.56. The van der Waals surface area contributed by atoms with Crippen LogP contribution in [0.3, 0.4) is 0 Å². The van der Waals surface area contributed by atoms with Gasteiger partial charge in [0.05, 0.1) is 12.8 Å². The summed E-state index contributed by atoms with van der Waals surface area (Å²) < 4.78 is 5.36. The minimum absolute atomic E-state index is 0.125. The highest BCUT2D eigenvalue weighted by atomic mass is 16.5. The predicted molar refractivity (Wildman–Crippen MR) is 152 cm³/mol. The zero-order chi connectivity index (χ0) is 27.4. The molecule has 2 N–H and O–H groups in total. The van der Waals surface area contributed by atoms with E-state index in [4.69, 9.17) is 4.74 Å². The number of aromatic nitrogens is 1. The molecule has 8 heteroatoms. The van der Waals surface area contributed by atoms with E-state index in [1.807, 2.05) is 42.5 Å². The third-order valence-electron chi connectivity index (χ3n) is 8.56. The zero-order valence-corrected chi connectivity index (χ0v) is 22.2. The minimum atomic E-state index is -0.642. The third kappa shape index (κ3) is 3.86. The fourth-order valence-corrected chi connectivity index (χ4v) is 6.55. The summed E-state index contributed by atoms with van der Waals surface area (Å²) in [7, 11) is 1.62. The molecule has 7 rings (SSSR count). The molecule has 3 aromatic carbocycles. The molecule has 2 fully saturated rings. The standard InChI is InChI=1S/C32H30N4O4/c1-40-23-16-12-19(13-17-23)29-28-25(24-8-4-5-9-26(24)34-28)18-27-31(38)35(32(39)36(27)29)22-14-10-20(11-15-22)30(37)33-21-6-2-3-7-21/h4-5,8-17,21,27,29,34H,2-3,6-7,18H2,1H3,(H,33,37)/t27-,29+/m0/s1. The van der Waals surface area contributed by atoms with E-state index >= 15 is 0 Å². The Morgan fingerprint density at radius 3 is 2.40 bits per heavy atom. The number of methoxy groups -OCH3 is 1. The predicted octanol–water partition coefficient (Wildman–Crippen LogP) is 5.33. The Hall–Kier alpha value is -4.59. The normalized spacial score (nSPS) is 20.6. The molecule has 0 bridgehead atoms. The highest BCUT2D eigenvalue weighted by Crippen LogP contribution is 2.45. The van der Waals surface area contributed by atoms with Gasteiger partial charge in [-0.15, -0.1) is 0 Å². The number of carbonyl (C=O) groups excluding carboxylic acids is 3. The number of rotatable bonds is 5. The van der Waals surface area contributed by atoms with Crippen molar-refractivity contribution in [2.24, 2.45) is 0 Å². The molecule has 2 atom stereocenters. The van der Waals surface area contributed by atoms with E-state index in [1.54, 1.807) is 36.3 Å². The lowest BCUT2D eigenvalue weighted by Crippen LogP contribution is -2.44. The van der Waals surface area contributed by atoms with Gasteiger partial charge in [-0.3, -0.25) is 14.5 Å². The molecule has 0 unspecified atom stereocenters. The lowest BCUT2D eigenvalue weighted by Gasteiger charge is -2.36. The van der Waals surface area contributed by atoms with E-state index < -0.39 is 12.1 Å². The first kappa shape index (κ1) is 24.5. The van der Waals surface area contributed by atoms with Gasteiger partial charge in [-0.2, -0.15) is 0 Å². The lowest BCUT2D eigenvalue weighted by molar-refractivity contribution is -0.120. The van der Waals surface area contributed by atoms with Crippen molar-refractivity contribution in [1.82, 2.24) is 15.2 Å². The molecule has 8 nitrogen and oxygen atoms in total. The number of imide groups is 1. The van der Waals surface area contributed by atoms with Crippen molar-refractivity contribution in [3.63, 3.8) is 0 Å². The van der Waals surface area contributed by atoms with Gasteiger partial charge in [0.15, 0.2) is 0 Å². The van der Waals surface area contributed by atoms with E-state index in [9.17, 15) is 14.4 Å². The largest absolute Gasteiger partial charge is 0.497 e. The van der Waals surface area contributed by atoms with Gasteiger partial charge in [0.25, 0.3) is 11.8 Å². The molecule has 0 radical (unpaired) electrons. The van der Waals surface area contributed by atoms with Gasteiger partial charge in [-0.1, -0.05) is 43.2 Å². The molecule has 1 saturated heterocycles. The average Bonchev–Trinajstić information content (AvgIpc) is 3.69.